The SMILES string of the molecule is Cc1cc(C(=O)OC(=O)CC(O)(CC(=O)O)C(=O)O)c(C)c(C)c1Cl. The summed E-state index contributed by atoms with van der Waals surface area (Å²) < 4.78 is 4.56. The Balaban J connectivity index is 2.99. The van der Waals surface area contributed by atoms with E-state index in [2.05, 4.69) is 4.74 Å². The molecule has 0 bridgehead atoms. The van der Waals surface area contributed by atoms with Gasteiger partial charge in [-0.2, -0.15) is 0 Å². The van der Waals surface area contributed by atoms with Crippen LogP contribution in [0.5, 0.6) is 0 Å². The topological polar surface area (TPSA) is 138 Å². The van der Waals surface area contributed by atoms with Gasteiger partial charge in [0.15, 0.2) is 5.60 Å². The molecule has 1 aromatic carbocycles. The van der Waals surface area contributed by atoms with Crippen molar-refractivity contribution in [3.8, 4) is 0 Å². The Morgan fingerprint density at radius 2 is 1.64 bits per heavy atom. The van der Waals surface area contributed by atoms with Gasteiger partial charge in [-0.25, -0.2) is 9.59 Å². The van der Waals surface area contributed by atoms with Crippen molar-refractivity contribution in [1.29, 1.82) is 0 Å². The summed E-state index contributed by atoms with van der Waals surface area (Å²) in [6, 6.07) is 1.42. The van der Waals surface area contributed by atoms with Crippen LogP contribution in [0.15, 0.2) is 6.07 Å². The van der Waals surface area contributed by atoms with Crippen molar-refractivity contribution in [1.82, 2.24) is 0 Å². The summed E-state index contributed by atoms with van der Waals surface area (Å²) in [5, 5.41) is 27.8. The molecule has 0 spiro atoms. The van der Waals surface area contributed by atoms with Crippen LogP contribution in [-0.2, 0) is 19.1 Å². The number of aliphatic hydroxyl groups is 1. The number of carboxylic acids is 2. The lowest BCUT2D eigenvalue weighted by atomic mass is 9.96. The Bertz CT molecular complexity index is 755. The number of aliphatic carboxylic acids is 2. The molecular weight excluding hydrogens is 356 g/mol. The number of carbonyl (C=O) groups excluding carboxylic acids is 2. The van der Waals surface area contributed by atoms with E-state index in [4.69, 9.17) is 21.8 Å². The van der Waals surface area contributed by atoms with E-state index in [-0.39, 0.29) is 5.56 Å². The number of carbonyl (C=O) groups is 4. The predicted octanol–water partition coefficient (Wildman–Crippen LogP) is 1.63. The average Bonchev–Trinajstić information content (AvgIpc) is 2.47. The summed E-state index contributed by atoms with van der Waals surface area (Å²) in [6.45, 7) is 4.93. The van der Waals surface area contributed by atoms with Gasteiger partial charge in [-0.05, 0) is 43.5 Å². The summed E-state index contributed by atoms with van der Waals surface area (Å²) >= 11 is 6.06. The van der Waals surface area contributed by atoms with Crippen LogP contribution in [-0.4, -0.2) is 44.8 Å². The first-order chi connectivity index (χ1) is 11.4. The third kappa shape index (κ3) is 4.77. The second-order valence-corrected chi connectivity index (χ2v) is 6.03. The highest BCUT2D eigenvalue weighted by atomic mass is 35.5. The minimum Gasteiger partial charge on any atom is -0.481 e. The number of halogens is 1. The largest absolute Gasteiger partial charge is 0.481 e. The molecule has 8 nitrogen and oxygen atoms in total. The van der Waals surface area contributed by atoms with Gasteiger partial charge in [-0.3, -0.25) is 9.59 Å². The van der Waals surface area contributed by atoms with E-state index >= 15 is 0 Å². The molecule has 3 N–H and O–H groups in total. The number of hydrogen-bond donors (Lipinski definition) is 3. The van der Waals surface area contributed by atoms with Gasteiger partial charge in [-0.15, -0.1) is 0 Å². The molecule has 9 heteroatoms. The molecule has 25 heavy (non-hydrogen) atoms. The zero-order chi connectivity index (χ0) is 19.5. The molecule has 0 aliphatic rings. The zero-order valence-corrected chi connectivity index (χ0v) is 14.5. The van der Waals surface area contributed by atoms with Gasteiger partial charge >= 0.3 is 23.9 Å². The Hall–Kier alpha value is -2.45. The summed E-state index contributed by atoms with van der Waals surface area (Å²) in [4.78, 5) is 45.6. The monoisotopic (exact) mass is 372 g/mol. The van der Waals surface area contributed by atoms with E-state index in [9.17, 15) is 24.3 Å². The molecule has 1 unspecified atom stereocenters. The summed E-state index contributed by atoms with van der Waals surface area (Å²) in [5.74, 6) is -5.94. The quantitative estimate of drug-likeness (QED) is 0.506. The number of hydrogen-bond acceptors (Lipinski definition) is 6. The van der Waals surface area contributed by atoms with E-state index in [1.807, 2.05) is 0 Å². The first-order valence-corrected chi connectivity index (χ1v) is 7.45. The van der Waals surface area contributed by atoms with Crippen molar-refractivity contribution in [2.45, 2.75) is 39.2 Å². The number of aryl methyl sites for hydroxylation is 1. The molecule has 0 heterocycles. The third-order valence-corrected chi connectivity index (χ3v) is 4.29. The van der Waals surface area contributed by atoms with Crippen molar-refractivity contribution >= 4 is 35.5 Å². The van der Waals surface area contributed by atoms with Gasteiger partial charge < -0.3 is 20.1 Å². The summed E-state index contributed by atoms with van der Waals surface area (Å²) in [5.41, 5.74) is -1.13. The van der Waals surface area contributed by atoms with Crippen LogP contribution in [0.4, 0.5) is 0 Å². The van der Waals surface area contributed by atoms with Gasteiger partial charge in [0.25, 0.3) is 0 Å². The molecule has 1 aromatic rings. The second kappa shape index (κ2) is 7.62. The van der Waals surface area contributed by atoms with E-state index < -0.39 is 42.3 Å². The highest BCUT2D eigenvalue weighted by Crippen LogP contribution is 2.27. The van der Waals surface area contributed by atoms with Crippen molar-refractivity contribution < 1.29 is 39.2 Å². The fourth-order valence-corrected chi connectivity index (χ4v) is 2.36. The number of ether oxygens (including phenoxy) is 1. The maximum Gasteiger partial charge on any atom is 0.346 e. The molecule has 0 aliphatic heterocycles. The fourth-order valence-electron chi connectivity index (χ4n) is 2.16. The van der Waals surface area contributed by atoms with Crippen molar-refractivity contribution in [3.63, 3.8) is 0 Å². The van der Waals surface area contributed by atoms with E-state index in [0.717, 1.165) is 0 Å². The molecule has 0 amide bonds. The van der Waals surface area contributed by atoms with Crippen LogP contribution in [0.25, 0.3) is 0 Å². The number of carboxylic acid groups (broad SMARTS) is 2. The van der Waals surface area contributed by atoms with Crippen molar-refractivity contribution in [2.24, 2.45) is 0 Å². The van der Waals surface area contributed by atoms with E-state index in [1.54, 1.807) is 20.8 Å². The Morgan fingerprint density at radius 3 is 2.12 bits per heavy atom. The van der Waals surface area contributed by atoms with Gasteiger partial charge in [0.1, 0.15) is 0 Å². The molecule has 0 saturated carbocycles. The Morgan fingerprint density at radius 1 is 1.08 bits per heavy atom. The number of esters is 2. The van der Waals surface area contributed by atoms with Crippen LogP contribution in [0.3, 0.4) is 0 Å². The molecule has 0 radical (unpaired) electrons. The highest BCUT2D eigenvalue weighted by molar-refractivity contribution is 6.32. The standard InChI is InChI=1S/C16H17ClO8/c1-7-4-10(8(2)9(3)13(7)17)14(21)25-12(20)6-16(24,15(22)23)5-11(18)19/h4,24H,5-6H2,1-3H3,(H,18,19)(H,22,23). The van der Waals surface area contributed by atoms with Gasteiger partial charge in [0.05, 0.1) is 18.4 Å². The van der Waals surface area contributed by atoms with E-state index in [0.29, 0.717) is 21.7 Å². The minimum atomic E-state index is -2.87. The molecular formula is C16H17ClO8. The van der Waals surface area contributed by atoms with Crippen LogP contribution < -0.4 is 0 Å². The van der Waals surface area contributed by atoms with E-state index in [1.165, 1.54) is 6.07 Å². The van der Waals surface area contributed by atoms with Gasteiger partial charge in [0, 0.05) is 5.02 Å². The maximum atomic E-state index is 12.1. The molecule has 136 valence electrons. The lowest BCUT2D eigenvalue weighted by Crippen LogP contribution is -2.43. The Labute approximate surface area is 148 Å². The molecule has 1 atom stereocenters. The molecule has 0 saturated heterocycles. The summed E-state index contributed by atoms with van der Waals surface area (Å²) in [6.07, 6.45) is -2.41. The second-order valence-electron chi connectivity index (χ2n) is 5.65. The van der Waals surface area contributed by atoms with Crippen LogP contribution >= 0.6 is 11.6 Å². The van der Waals surface area contributed by atoms with Crippen LogP contribution in [0.1, 0.15) is 39.9 Å². The van der Waals surface area contributed by atoms with Gasteiger partial charge in [0.2, 0.25) is 0 Å². The Kier molecular flexibility index (Phi) is 6.28. The molecule has 0 aliphatic carbocycles. The predicted molar refractivity (Wildman–Crippen MR) is 85.5 cm³/mol. The van der Waals surface area contributed by atoms with Crippen molar-refractivity contribution in [3.05, 3.63) is 33.3 Å². The lowest BCUT2D eigenvalue weighted by Gasteiger charge is -2.20. The van der Waals surface area contributed by atoms with Crippen LogP contribution in [0, 0.1) is 20.8 Å². The molecule has 0 fully saturated rings. The average molecular weight is 373 g/mol. The van der Waals surface area contributed by atoms with Gasteiger partial charge in [-0.1, -0.05) is 11.6 Å². The first-order valence-electron chi connectivity index (χ1n) is 7.08. The molecule has 1 rings (SSSR count). The molecule has 0 aromatic heterocycles. The van der Waals surface area contributed by atoms with Crippen molar-refractivity contribution in [2.75, 3.05) is 0 Å². The fraction of sp³-hybridized carbons (Fsp3) is 0.375. The van der Waals surface area contributed by atoms with Crippen LogP contribution in [0.2, 0.25) is 5.02 Å². The normalized spacial score (nSPS) is 13.0. The lowest BCUT2D eigenvalue weighted by molar-refractivity contribution is -0.170. The number of rotatable bonds is 6. The minimum absolute atomic E-state index is 0.0600. The third-order valence-electron chi connectivity index (χ3n) is 3.71. The summed E-state index contributed by atoms with van der Waals surface area (Å²) in [7, 11) is 0. The zero-order valence-electron chi connectivity index (χ0n) is 13.8. The smallest absolute Gasteiger partial charge is 0.346 e. The maximum absolute atomic E-state index is 12.1. The highest BCUT2D eigenvalue weighted by Gasteiger charge is 2.42. The first kappa shape index (κ1) is 20.6. The number of benzene rings is 1.